The van der Waals surface area contributed by atoms with Crippen molar-refractivity contribution in [3.63, 3.8) is 0 Å². The van der Waals surface area contributed by atoms with E-state index in [9.17, 15) is 18.0 Å². The van der Waals surface area contributed by atoms with Gasteiger partial charge in [-0.15, -0.1) is 0 Å². The highest BCUT2D eigenvalue weighted by Gasteiger charge is 2.33. The van der Waals surface area contributed by atoms with Crippen LogP contribution in [0.1, 0.15) is 46.2 Å². The monoisotopic (exact) mass is 693 g/mol. The number of allylic oxidation sites excluding steroid dienone is 1. The number of nitrogens with one attached hydrogen (secondary N) is 1. The number of para-hydroxylation sites is 2. The summed E-state index contributed by atoms with van der Waals surface area (Å²) < 4.78 is 52.1. The van der Waals surface area contributed by atoms with E-state index in [2.05, 4.69) is 22.2 Å². The zero-order valence-corrected chi connectivity index (χ0v) is 28.0. The summed E-state index contributed by atoms with van der Waals surface area (Å²) in [5.74, 6) is 1.00. The first-order valence-corrected chi connectivity index (χ1v) is 16.6. The highest BCUT2D eigenvalue weighted by Crippen LogP contribution is 2.43. The molecule has 6 aromatic rings. The third-order valence-corrected chi connectivity index (χ3v) is 9.52. The molecule has 50 heavy (non-hydrogen) atoms. The molecule has 1 N–H and O–H groups in total. The topological polar surface area (TPSA) is 99.1 Å². The van der Waals surface area contributed by atoms with E-state index in [0.717, 1.165) is 52.4 Å². The minimum Gasteiger partial charge on any atom is -0.493 e. The Hall–Kier alpha value is -5.62. The lowest BCUT2D eigenvalue weighted by atomic mass is 9.80. The normalized spacial score (nSPS) is 15.2. The van der Waals surface area contributed by atoms with E-state index < -0.39 is 17.8 Å². The van der Waals surface area contributed by atoms with E-state index in [0.29, 0.717) is 50.5 Å². The Morgan fingerprint density at radius 3 is 2.54 bits per heavy atom. The second kappa shape index (κ2) is 13.4. The Morgan fingerprint density at radius 2 is 1.78 bits per heavy atom. The number of aromatic nitrogens is 4. The van der Waals surface area contributed by atoms with Crippen LogP contribution in [0.3, 0.4) is 0 Å². The number of ether oxygens (including phenoxy) is 2. The van der Waals surface area contributed by atoms with Crippen molar-refractivity contribution >= 4 is 44.9 Å². The molecule has 0 spiro atoms. The van der Waals surface area contributed by atoms with Crippen LogP contribution < -0.4 is 14.8 Å². The van der Waals surface area contributed by atoms with E-state index in [1.165, 1.54) is 6.07 Å². The van der Waals surface area contributed by atoms with E-state index in [4.69, 9.17) is 19.4 Å². The van der Waals surface area contributed by atoms with Gasteiger partial charge < -0.3 is 9.47 Å². The lowest BCUT2D eigenvalue weighted by Crippen LogP contribution is -2.21. The van der Waals surface area contributed by atoms with Crippen molar-refractivity contribution in [1.82, 2.24) is 19.9 Å². The van der Waals surface area contributed by atoms with Gasteiger partial charge in [0.1, 0.15) is 5.69 Å². The second-order valence-corrected chi connectivity index (χ2v) is 12.9. The molecule has 0 saturated heterocycles. The van der Waals surface area contributed by atoms with Crippen molar-refractivity contribution in [3.8, 4) is 33.2 Å². The van der Waals surface area contributed by atoms with Crippen molar-refractivity contribution < 1.29 is 27.4 Å². The largest absolute Gasteiger partial charge is 0.493 e. The molecule has 1 aliphatic carbocycles. The number of carbonyl (C=O) groups is 1. The van der Waals surface area contributed by atoms with Crippen molar-refractivity contribution in [3.05, 3.63) is 113 Å². The molecule has 1 aliphatic rings. The quantitative estimate of drug-likeness (QED) is 0.178. The Balaban J connectivity index is 1.35. The maximum absolute atomic E-state index is 14.4. The first kappa shape index (κ1) is 32.9. The van der Waals surface area contributed by atoms with Crippen LogP contribution >= 0.6 is 11.3 Å². The van der Waals surface area contributed by atoms with Gasteiger partial charge in [0.2, 0.25) is 0 Å². The lowest BCUT2D eigenvalue weighted by Gasteiger charge is -2.27. The molecule has 0 bridgehead atoms. The van der Waals surface area contributed by atoms with E-state index >= 15 is 0 Å². The molecule has 252 valence electrons. The molecule has 12 heteroatoms. The summed E-state index contributed by atoms with van der Waals surface area (Å²) in [6, 6.07) is 19.1. The summed E-state index contributed by atoms with van der Waals surface area (Å²) in [6.07, 6.45) is 3.05. The fourth-order valence-corrected chi connectivity index (χ4v) is 7.34. The smallest absolute Gasteiger partial charge is 0.433 e. The van der Waals surface area contributed by atoms with Gasteiger partial charge in [-0.1, -0.05) is 48.6 Å². The number of carbonyl (C=O) groups excluding carboxylic acids is 1. The highest BCUT2D eigenvalue weighted by molar-refractivity contribution is 7.19. The number of pyridine rings is 3. The number of benzene rings is 2. The molecule has 7 rings (SSSR count). The number of thiazole rings is 1. The van der Waals surface area contributed by atoms with E-state index in [1.807, 2.05) is 48.5 Å². The number of amides is 1. The van der Waals surface area contributed by atoms with Gasteiger partial charge in [-0.2, -0.15) is 13.2 Å². The number of fused-ring (bicyclic) bond motifs is 2. The van der Waals surface area contributed by atoms with Gasteiger partial charge in [0.25, 0.3) is 5.91 Å². The number of anilines is 1. The summed E-state index contributed by atoms with van der Waals surface area (Å²) in [4.78, 5) is 32.3. The minimum absolute atomic E-state index is 0.193. The van der Waals surface area contributed by atoms with Crippen molar-refractivity contribution in [2.75, 3.05) is 19.5 Å². The fourth-order valence-electron chi connectivity index (χ4n) is 6.36. The van der Waals surface area contributed by atoms with Crippen LogP contribution in [0.5, 0.6) is 11.5 Å². The van der Waals surface area contributed by atoms with Crippen LogP contribution in [0.2, 0.25) is 0 Å². The van der Waals surface area contributed by atoms with Crippen LogP contribution in [0, 0.1) is 5.92 Å². The van der Waals surface area contributed by atoms with Gasteiger partial charge in [0, 0.05) is 35.1 Å². The predicted molar refractivity (Wildman–Crippen MR) is 188 cm³/mol. The number of nitrogens with zero attached hydrogens (tertiary/aromatic N) is 4. The molecular formula is C38H30F3N5O3S. The summed E-state index contributed by atoms with van der Waals surface area (Å²) in [7, 11) is 3.19. The average molecular weight is 694 g/mol. The Morgan fingerprint density at radius 1 is 0.940 bits per heavy atom. The van der Waals surface area contributed by atoms with E-state index in [-0.39, 0.29) is 16.6 Å². The molecule has 1 unspecified atom stereocenters. The third kappa shape index (κ3) is 6.29. The number of methoxy groups -OCH3 is 2. The summed E-state index contributed by atoms with van der Waals surface area (Å²) in [6.45, 7) is 2.13. The molecule has 2 aromatic carbocycles. The van der Waals surface area contributed by atoms with Crippen molar-refractivity contribution in [1.29, 1.82) is 0 Å². The second-order valence-electron chi connectivity index (χ2n) is 11.9. The van der Waals surface area contributed by atoms with Crippen LogP contribution in [-0.2, 0) is 12.6 Å². The maximum Gasteiger partial charge on any atom is 0.433 e. The minimum atomic E-state index is -4.63. The molecule has 1 amide bonds. The number of halogens is 3. The first-order valence-electron chi connectivity index (χ1n) is 15.7. The van der Waals surface area contributed by atoms with Gasteiger partial charge in [-0.3, -0.25) is 20.1 Å². The lowest BCUT2D eigenvalue weighted by molar-refractivity contribution is -0.141. The van der Waals surface area contributed by atoms with Crippen LogP contribution in [0.4, 0.5) is 18.3 Å². The number of hydrogen-bond acceptors (Lipinski definition) is 8. The molecule has 1 atom stereocenters. The Labute approximate surface area is 289 Å². The van der Waals surface area contributed by atoms with Gasteiger partial charge in [-0.05, 0) is 77.9 Å². The number of rotatable bonds is 7. The van der Waals surface area contributed by atoms with Gasteiger partial charge in [0.15, 0.2) is 16.6 Å². The zero-order valence-electron chi connectivity index (χ0n) is 27.2. The van der Waals surface area contributed by atoms with E-state index in [1.54, 1.807) is 38.7 Å². The Kier molecular flexibility index (Phi) is 8.79. The molecule has 0 radical (unpaired) electrons. The summed E-state index contributed by atoms with van der Waals surface area (Å²) in [5.41, 5.74) is 4.68. The predicted octanol–water partition coefficient (Wildman–Crippen LogP) is 9.23. The number of alkyl halides is 3. The van der Waals surface area contributed by atoms with Crippen molar-refractivity contribution in [2.45, 2.75) is 25.9 Å². The third-order valence-electron chi connectivity index (χ3n) is 8.50. The molecule has 8 nitrogen and oxygen atoms in total. The molecule has 0 fully saturated rings. The molecule has 4 aromatic heterocycles. The van der Waals surface area contributed by atoms with Crippen LogP contribution in [0.25, 0.3) is 44.3 Å². The molecular weight excluding hydrogens is 664 g/mol. The van der Waals surface area contributed by atoms with Crippen LogP contribution in [-0.4, -0.2) is 40.1 Å². The SMILES string of the molecule is COc1cccc(/C=C2\CC(C)Cc3c2nc2ccccc2c3C(=O)Nc2nc(-c3cccnc3)c(-c3ccnc(C(F)(F)F)c3)s2)c1OC. The zero-order chi connectivity index (χ0) is 35.0. The molecule has 4 heterocycles. The highest BCUT2D eigenvalue weighted by atomic mass is 32.1. The molecule has 0 saturated carbocycles. The fraction of sp³-hybridized carbons (Fsp3) is 0.184. The Bertz CT molecular complexity index is 2270. The standard InChI is InChI=1S/C38H30F3N5O3S/c1-21-16-25(18-22-8-6-12-29(48-2)34(22)49-3)32-27(17-21)31(26-10-4-5-11-28(26)44-32)36(47)46-37-45-33(24-9-7-14-42-20-24)35(50-37)23-13-15-43-30(19-23)38(39,40)41/h4-15,18-21H,16-17H2,1-3H3,(H,45,46,47)/b25-18+. The average Bonchev–Trinajstić information content (AvgIpc) is 3.54. The molecule has 0 aliphatic heterocycles. The van der Waals surface area contributed by atoms with Crippen molar-refractivity contribution in [2.24, 2.45) is 5.92 Å². The summed E-state index contributed by atoms with van der Waals surface area (Å²) in [5, 5.41) is 3.90. The van der Waals surface area contributed by atoms with Crippen LogP contribution in [0.15, 0.2) is 85.3 Å². The van der Waals surface area contributed by atoms with Gasteiger partial charge in [-0.25, -0.2) is 9.97 Å². The maximum atomic E-state index is 14.4. The van der Waals surface area contributed by atoms with Gasteiger partial charge in [0.05, 0.1) is 41.6 Å². The number of hydrogen-bond donors (Lipinski definition) is 1. The van der Waals surface area contributed by atoms with Gasteiger partial charge >= 0.3 is 6.18 Å². The summed E-state index contributed by atoms with van der Waals surface area (Å²) >= 11 is 1.08. The first-order chi connectivity index (χ1) is 24.1.